The van der Waals surface area contributed by atoms with Gasteiger partial charge in [0.2, 0.25) is 0 Å². The summed E-state index contributed by atoms with van der Waals surface area (Å²) >= 11 is 0. The average molecular weight is 233 g/mol. The van der Waals surface area contributed by atoms with Gasteiger partial charge in [-0.25, -0.2) is 8.42 Å². The topological polar surface area (TPSA) is 60.2 Å². The molecular formula is C11H23NO2S. The molecule has 0 fully saturated rings. The molecule has 0 aliphatic carbocycles. The molecule has 3 nitrogen and oxygen atoms in total. The fourth-order valence-corrected chi connectivity index (χ4v) is 2.31. The SMILES string of the molecule is C=CC(C)(CN)CCS(=O)(=O)C(C)(C)C. The molecule has 0 radical (unpaired) electrons. The van der Waals surface area contributed by atoms with Crippen molar-refractivity contribution in [3.8, 4) is 0 Å². The summed E-state index contributed by atoms with van der Waals surface area (Å²) < 4.78 is 23.0. The van der Waals surface area contributed by atoms with Crippen LogP contribution < -0.4 is 5.73 Å². The van der Waals surface area contributed by atoms with Gasteiger partial charge in [-0.3, -0.25) is 0 Å². The van der Waals surface area contributed by atoms with Crippen molar-refractivity contribution in [2.45, 2.75) is 38.9 Å². The Morgan fingerprint density at radius 3 is 2.00 bits per heavy atom. The van der Waals surface area contributed by atoms with E-state index in [9.17, 15) is 8.42 Å². The van der Waals surface area contributed by atoms with Crippen LogP contribution in [0.5, 0.6) is 0 Å². The standard InChI is InChI=1S/C11H23NO2S/c1-6-11(5,9-12)7-8-15(13,14)10(2,3)4/h6H,1,7-9,12H2,2-5H3. The summed E-state index contributed by atoms with van der Waals surface area (Å²) in [6, 6.07) is 0. The minimum absolute atomic E-state index is 0.163. The van der Waals surface area contributed by atoms with Gasteiger partial charge in [0.15, 0.2) is 9.84 Å². The molecule has 0 saturated heterocycles. The Hall–Kier alpha value is -0.350. The number of nitrogens with two attached hydrogens (primary N) is 1. The van der Waals surface area contributed by atoms with Crippen molar-refractivity contribution >= 4 is 9.84 Å². The van der Waals surface area contributed by atoms with Crippen molar-refractivity contribution in [2.24, 2.45) is 11.1 Å². The van der Waals surface area contributed by atoms with Gasteiger partial charge in [-0.2, -0.15) is 0 Å². The maximum Gasteiger partial charge on any atom is 0.155 e. The van der Waals surface area contributed by atoms with E-state index in [-0.39, 0.29) is 11.2 Å². The number of hydrogen-bond acceptors (Lipinski definition) is 3. The molecule has 4 heteroatoms. The minimum Gasteiger partial charge on any atom is -0.330 e. The molecular weight excluding hydrogens is 210 g/mol. The fraction of sp³-hybridized carbons (Fsp3) is 0.818. The molecule has 0 spiro atoms. The van der Waals surface area contributed by atoms with Crippen LogP contribution in [0.2, 0.25) is 0 Å². The van der Waals surface area contributed by atoms with Gasteiger partial charge < -0.3 is 5.73 Å². The normalized spacial score (nSPS) is 17.1. The minimum atomic E-state index is -3.05. The molecule has 0 aliphatic rings. The van der Waals surface area contributed by atoms with Crippen LogP contribution in [0, 0.1) is 5.41 Å². The van der Waals surface area contributed by atoms with Crippen LogP contribution in [0.3, 0.4) is 0 Å². The van der Waals surface area contributed by atoms with Crippen molar-refractivity contribution in [3.63, 3.8) is 0 Å². The molecule has 0 aromatic rings. The average Bonchev–Trinajstić information content (AvgIpc) is 2.13. The molecule has 0 amide bonds. The number of rotatable bonds is 5. The Bertz CT molecular complexity index is 314. The molecule has 2 N–H and O–H groups in total. The summed E-state index contributed by atoms with van der Waals surface area (Å²) in [5.41, 5.74) is 5.31. The smallest absolute Gasteiger partial charge is 0.155 e. The van der Waals surface area contributed by atoms with Gasteiger partial charge in [0, 0.05) is 6.54 Å². The van der Waals surface area contributed by atoms with Crippen LogP contribution >= 0.6 is 0 Å². The molecule has 0 saturated carbocycles. The highest BCUT2D eigenvalue weighted by Crippen LogP contribution is 2.25. The largest absolute Gasteiger partial charge is 0.330 e. The maximum absolute atomic E-state index is 11.9. The predicted molar refractivity (Wildman–Crippen MR) is 65.5 cm³/mol. The van der Waals surface area contributed by atoms with E-state index < -0.39 is 14.6 Å². The lowest BCUT2D eigenvalue weighted by Crippen LogP contribution is -2.34. The second-order valence-electron chi connectivity index (χ2n) is 5.24. The molecule has 0 rings (SSSR count). The lowest BCUT2D eigenvalue weighted by atomic mass is 9.88. The summed E-state index contributed by atoms with van der Waals surface area (Å²) in [5, 5.41) is 0. The Morgan fingerprint density at radius 1 is 1.27 bits per heavy atom. The van der Waals surface area contributed by atoms with Crippen molar-refractivity contribution < 1.29 is 8.42 Å². The molecule has 0 bridgehead atoms. The number of sulfone groups is 1. The Kier molecular flexibility index (Phi) is 4.55. The molecule has 15 heavy (non-hydrogen) atoms. The second-order valence-corrected chi connectivity index (χ2v) is 8.11. The zero-order chi connectivity index (χ0) is 12.3. The molecule has 90 valence electrons. The van der Waals surface area contributed by atoms with E-state index in [0.29, 0.717) is 13.0 Å². The van der Waals surface area contributed by atoms with Crippen LogP contribution in [-0.2, 0) is 9.84 Å². The first kappa shape index (κ1) is 14.6. The van der Waals surface area contributed by atoms with Gasteiger partial charge in [-0.1, -0.05) is 13.0 Å². The van der Waals surface area contributed by atoms with Crippen LogP contribution in [0.1, 0.15) is 34.1 Å². The van der Waals surface area contributed by atoms with Crippen LogP contribution in [0.25, 0.3) is 0 Å². The molecule has 1 atom stereocenters. The third kappa shape index (κ3) is 3.95. The maximum atomic E-state index is 11.9. The summed E-state index contributed by atoms with van der Waals surface area (Å²) in [4.78, 5) is 0. The van der Waals surface area contributed by atoms with Crippen LogP contribution in [0.4, 0.5) is 0 Å². The van der Waals surface area contributed by atoms with Gasteiger partial charge in [-0.15, -0.1) is 6.58 Å². The van der Waals surface area contributed by atoms with E-state index in [1.807, 2.05) is 6.92 Å². The van der Waals surface area contributed by atoms with E-state index in [1.165, 1.54) is 0 Å². The Morgan fingerprint density at radius 2 is 1.73 bits per heavy atom. The lowest BCUT2D eigenvalue weighted by Gasteiger charge is -2.26. The van der Waals surface area contributed by atoms with Crippen LogP contribution in [0.15, 0.2) is 12.7 Å². The first-order valence-corrected chi connectivity index (χ1v) is 6.79. The van der Waals surface area contributed by atoms with Gasteiger partial charge in [0.05, 0.1) is 10.5 Å². The monoisotopic (exact) mass is 233 g/mol. The third-order valence-corrected chi connectivity index (χ3v) is 5.44. The van der Waals surface area contributed by atoms with E-state index in [2.05, 4.69) is 6.58 Å². The Balaban J connectivity index is 4.60. The zero-order valence-electron chi connectivity index (χ0n) is 10.2. The summed E-state index contributed by atoms with van der Waals surface area (Å²) in [7, 11) is -3.05. The quantitative estimate of drug-likeness (QED) is 0.736. The molecule has 0 aliphatic heterocycles. The van der Waals surface area contributed by atoms with Crippen molar-refractivity contribution in [2.75, 3.05) is 12.3 Å². The highest BCUT2D eigenvalue weighted by atomic mass is 32.2. The summed E-state index contributed by atoms with van der Waals surface area (Å²) in [6.45, 7) is 11.2. The summed E-state index contributed by atoms with van der Waals surface area (Å²) in [5.74, 6) is 0.163. The van der Waals surface area contributed by atoms with Crippen LogP contribution in [-0.4, -0.2) is 25.5 Å². The van der Waals surface area contributed by atoms with E-state index in [4.69, 9.17) is 5.73 Å². The van der Waals surface area contributed by atoms with Gasteiger partial charge >= 0.3 is 0 Å². The van der Waals surface area contributed by atoms with Crippen molar-refractivity contribution in [3.05, 3.63) is 12.7 Å². The van der Waals surface area contributed by atoms with Gasteiger partial charge in [0.1, 0.15) is 0 Å². The second kappa shape index (κ2) is 4.66. The Labute approximate surface area is 93.7 Å². The third-order valence-electron chi connectivity index (χ3n) is 2.83. The van der Waals surface area contributed by atoms with Crippen molar-refractivity contribution in [1.29, 1.82) is 0 Å². The zero-order valence-corrected chi connectivity index (χ0v) is 11.0. The van der Waals surface area contributed by atoms with E-state index in [0.717, 1.165) is 0 Å². The fourth-order valence-electron chi connectivity index (χ4n) is 0.961. The lowest BCUT2D eigenvalue weighted by molar-refractivity contribution is 0.422. The van der Waals surface area contributed by atoms with E-state index in [1.54, 1.807) is 26.8 Å². The molecule has 0 aromatic heterocycles. The first-order valence-electron chi connectivity index (χ1n) is 5.14. The molecule has 1 unspecified atom stereocenters. The molecule has 0 heterocycles. The number of hydrogen-bond donors (Lipinski definition) is 1. The van der Waals surface area contributed by atoms with E-state index >= 15 is 0 Å². The molecule has 0 aromatic carbocycles. The van der Waals surface area contributed by atoms with Gasteiger partial charge in [-0.05, 0) is 32.6 Å². The predicted octanol–water partition coefficient (Wildman–Crippen LogP) is 1.74. The first-order chi connectivity index (χ1) is 6.58. The highest BCUT2D eigenvalue weighted by molar-refractivity contribution is 7.92. The van der Waals surface area contributed by atoms with Gasteiger partial charge in [0.25, 0.3) is 0 Å². The highest BCUT2D eigenvalue weighted by Gasteiger charge is 2.31. The summed E-state index contributed by atoms with van der Waals surface area (Å²) in [6.07, 6.45) is 2.28. The van der Waals surface area contributed by atoms with Crippen molar-refractivity contribution in [1.82, 2.24) is 0 Å².